The standard InChI is InChI=1S/C48H54N2OS/c1-5-9-11-35(7-3)13-14-37-15-19-39(20-16-37)41-23-29-45-47(31-41)52-48-32-42(24-30-46(48)50(45)43-25-17-38(33-49)18-26-43)40-21-27-44(28-22-40)51-34-36(8-4)12-10-6-2/h15-32,35-36H,5-14,34H2,1-4H3. The maximum absolute atomic E-state index is 9.48. The molecule has 5 aromatic rings. The summed E-state index contributed by atoms with van der Waals surface area (Å²) in [6.45, 7) is 9.92. The largest absolute Gasteiger partial charge is 0.493 e. The molecule has 0 N–H and O–H groups in total. The van der Waals surface area contributed by atoms with E-state index in [4.69, 9.17) is 4.74 Å². The fraction of sp³-hybridized carbons (Fsp3) is 0.354. The zero-order valence-corrected chi connectivity index (χ0v) is 32.4. The van der Waals surface area contributed by atoms with Gasteiger partial charge in [0.05, 0.1) is 29.6 Å². The van der Waals surface area contributed by atoms with Gasteiger partial charge < -0.3 is 9.64 Å². The molecule has 6 rings (SSSR count). The lowest BCUT2D eigenvalue weighted by Gasteiger charge is -2.33. The Kier molecular flexibility index (Phi) is 13.2. The summed E-state index contributed by atoms with van der Waals surface area (Å²) in [4.78, 5) is 4.76. The SMILES string of the molecule is CCCCC(CC)CCc1ccc(-c2ccc3c(c2)Sc2cc(-c4ccc(OCC(CC)CCCC)cc4)ccc2N3c2ccc(C#N)cc2)cc1. The molecule has 3 nitrogen and oxygen atoms in total. The highest BCUT2D eigenvalue weighted by molar-refractivity contribution is 7.99. The zero-order valence-electron chi connectivity index (χ0n) is 31.5. The van der Waals surface area contributed by atoms with Crippen molar-refractivity contribution in [3.05, 3.63) is 120 Å². The van der Waals surface area contributed by atoms with Crippen molar-refractivity contribution >= 4 is 28.8 Å². The molecule has 52 heavy (non-hydrogen) atoms. The first-order valence-corrected chi connectivity index (χ1v) is 20.4. The van der Waals surface area contributed by atoms with Gasteiger partial charge in [0.2, 0.25) is 0 Å². The number of benzene rings is 5. The maximum atomic E-state index is 9.48. The smallest absolute Gasteiger partial charge is 0.119 e. The van der Waals surface area contributed by atoms with Gasteiger partial charge in [-0.05, 0) is 120 Å². The third-order valence-electron chi connectivity index (χ3n) is 10.8. The molecule has 0 amide bonds. The minimum absolute atomic E-state index is 0.609. The molecule has 0 saturated heterocycles. The summed E-state index contributed by atoms with van der Waals surface area (Å²) in [6.07, 6.45) is 12.5. The number of nitrogens with zero attached hydrogens (tertiary/aromatic N) is 2. The molecule has 1 aliphatic heterocycles. The average Bonchev–Trinajstić information content (AvgIpc) is 3.20. The van der Waals surface area contributed by atoms with Gasteiger partial charge in [-0.2, -0.15) is 5.26 Å². The Morgan fingerprint density at radius 1 is 0.615 bits per heavy atom. The van der Waals surface area contributed by atoms with Crippen LogP contribution in [0.2, 0.25) is 0 Å². The van der Waals surface area contributed by atoms with E-state index in [1.807, 2.05) is 23.9 Å². The van der Waals surface area contributed by atoms with Crippen molar-refractivity contribution in [3.8, 4) is 34.1 Å². The first-order chi connectivity index (χ1) is 25.5. The minimum Gasteiger partial charge on any atom is -0.493 e. The van der Waals surface area contributed by atoms with Crippen molar-refractivity contribution < 1.29 is 4.74 Å². The quantitative estimate of drug-likeness (QED) is 0.0946. The summed E-state index contributed by atoms with van der Waals surface area (Å²) in [5.74, 6) is 2.37. The predicted octanol–water partition coefficient (Wildman–Crippen LogP) is 14.6. The van der Waals surface area contributed by atoms with Crippen LogP contribution in [0.1, 0.15) is 96.6 Å². The highest BCUT2D eigenvalue weighted by atomic mass is 32.2. The normalized spacial score (nSPS) is 13.2. The van der Waals surface area contributed by atoms with E-state index in [0.29, 0.717) is 11.5 Å². The number of rotatable bonds is 17. The van der Waals surface area contributed by atoms with E-state index in [2.05, 4.69) is 136 Å². The number of anilines is 3. The van der Waals surface area contributed by atoms with Crippen molar-refractivity contribution in [2.75, 3.05) is 11.5 Å². The Hall–Kier alpha value is -4.46. The van der Waals surface area contributed by atoms with Crippen molar-refractivity contribution in [1.29, 1.82) is 5.26 Å². The zero-order chi connectivity index (χ0) is 36.3. The van der Waals surface area contributed by atoms with Gasteiger partial charge in [-0.25, -0.2) is 0 Å². The molecule has 2 atom stereocenters. The molecule has 0 spiro atoms. The second-order valence-electron chi connectivity index (χ2n) is 14.4. The van der Waals surface area contributed by atoms with Crippen LogP contribution in [0.25, 0.3) is 22.3 Å². The van der Waals surface area contributed by atoms with E-state index in [1.165, 1.54) is 89.0 Å². The van der Waals surface area contributed by atoms with Gasteiger partial charge in [-0.1, -0.05) is 133 Å². The summed E-state index contributed by atoms with van der Waals surface area (Å²) < 4.78 is 6.22. The van der Waals surface area contributed by atoms with Crippen LogP contribution < -0.4 is 9.64 Å². The van der Waals surface area contributed by atoms with E-state index in [-0.39, 0.29) is 0 Å². The first kappa shape index (κ1) is 37.3. The van der Waals surface area contributed by atoms with Gasteiger partial charge in [0.15, 0.2) is 0 Å². The number of ether oxygens (including phenoxy) is 1. The van der Waals surface area contributed by atoms with Crippen molar-refractivity contribution in [2.45, 2.75) is 102 Å². The van der Waals surface area contributed by atoms with Crippen LogP contribution in [-0.2, 0) is 6.42 Å². The molecular weight excluding hydrogens is 653 g/mol. The van der Waals surface area contributed by atoms with Gasteiger partial charge in [0.1, 0.15) is 5.75 Å². The molecule has 5 aromatic carbocycles. The number of hydrogen-bond acceptors (Lipinski definition) is 4. The van der Waals surface area contributed by atoms with E-state index in [1.54, 1.807) is 0 Å². The van der Waals surface area contributed by atoms with Crippen molar-refractivity contribution in [1.82, 2.24) is 0 Å². The van der Waals surface area contributed by atoms with Crippen LogP contribution in [0.3, 0.4) is 0 Å². The van der Waals surface area contributed by atoms with Gasteiger partial charge in [0, 0.05) is 15.5 Å². The fourth-order valence-corrected chi connectivity index (χ4v) is 8.40. The Morgan fingerprint density at radius 2 is 1.15 bits per heavy atom. The molecule has 0 radical (unpaired) electrons. The third-order valence-corrected chi connectivity index (χ3v) is 11.9. The third kappa shape index (κ3) is 9.12. The maximum Gasteiger partial charge on any atom is 0.119 e. The summed E-state index contributed by atoms with van der Waals surface area (Å²) in [6, 6.07) is 41.6. The molecule has 1 aliphatic rings. The van der Waals surface area contributed by atoms with Crippen LogP contribution in [0.5, 0.6) is 5.75 Å². The van der Waals surface area contributed by atoms with Crippen LogP contribution in [-0.4, -0.2) is 6.61 Å². The Labute approximate surface area is 317 Å². The molecular formula is C48H54N2OS. The monoisotopic (exact) mass is 706 g/mol. The fourth-order valence-electron chi connectivity index (χ4n) is 7.27. The van der Waals surface area contributed by atoms with E-state index < -0.39 is 0 Å². The predicted molar refractivity (Wildman–Crippen MR) is 221 cm³/mol. The highest BCUT2D eigenvalue weighted by Crippen LogP contribution is 2.53. The summed E-state index contributed by atoms with van der Waals surface area (Å²) in [5, 5.41) is 9.48. The second kappa shape index (κ2) is 18.3. The molecule has 0 saturated carbocycles. The molecule has 0 aromatic heterocycles. The lowest BCUT2D eigenvalue weighted by atomic mass is 9.92. The molecule has 268 valence electrons. The molecule has 2 unspecified atom stereocenters. The van der Waals surface area contributed by atoms with Crippen LogP contribution in [0.4, 0.5) is 17.1 Å². The van der Waals surface area contributed by atoms with Gasteiger partial charge in [-0.15, -0.1) is 0 Å². The summed E-state index contributed by atoms with van der Waals surface area (Å²) in [5.41, 5.74) is 10.3. The van der Waals surface area contributed by atoms with Crippen LogP contribution >= 0.6 is 11.8 Å². The number of hydrogen-bond donors (Lipinski definition) is 0. The van der Waals surface area contributed by atoms with E-state index in [9.17, 15) is 5.26 Å². The first-order valence-electron chi connectivity index (χ1n) is 19.6. The van der Waals surface area contributed by atoms with Gasteiger partial charge >= 0.3 is 0 Å². The van der Waals surface area contributed by atoms with Crippen molar-refractivity contribution in [3.63, 3.8) is 0 Å². The minimum atomic E-state index is 0.609. The Morgan fingerprint density at radius 3 is 1.69 bits per heavy atom. The average molecular weight is 707 g/mol. The van der Waals surface area contributed by atoms with Crippen LogP contribution in [0, 0.1) is 23.2 Å². The molecule has 0 aliphatic carbocycles. The molecule has 1 heterocycles. The highest BCUT2D eigenvalue weighted by Gasteiger charge is 2.26. The van der Waals surface area contributed by atoms with Crippen LogP contribution in [0.15, 0.2) is 119 Å². The lowest BCUT2D eigenvalue weighted by molar-refractivity contribution is 0.233. The van der Waals surface area contributed by atoms with Gasteiger partial charge in [0.25, 0.3) is 0 Å². The summed E-state index contributed by atoms with van der Waals surface area (Å²) in [7, 11) is 0. The molecule has 0 fully saturated rings. The lowest BCUT2D eigenvalue weighted by Crippen LogP contribution is -2.15. The number of aryl methyl sites for hydroxylation is 1. The van der Waals surface area contributed by atoms with E-state index >= 15 is 0 Å². The number of nitriles is 1. The Balaban J connectivity index is 1.25. The summed E-state index contributed by atoms with van der Waals surface area (Å²) >= 11 is 1.83. The van der Waals surface area contributed by atoms with E-state index in [0.717, 1.165) is 48.2 Å². The second-order valence-corrected chi connectivity index (χ2v) is 15.4. The number of fused-ring (bicyclic) bond motifs is 2. The van der Waals surface area contributed by atoms with Gasteiger partial charge in [-0.3, -0.25) is 0 Å². The number of unbranched alkanes of at least 4 members (excludes halogenated alkanes) is 2. The molecule has 0 bridgehead atoms. The van der Waals surface area contributed by atoms with Crippen molar-refractivity contribution in [2.24, 2.45) is 11.8 Å². The molecule has 4 heteroatoms. The topological polar surface area (TPSA) is 36.3 Å². The Bertz CT molecular complexity index is 1810.